The van der Waals surface area contributed by atoms with Crippen LogP contribution in [-0.4, -0.2) is 15.5 Å². The van der Waals surface area contributed by atoms with E-state index >= 15 is 0 Å². The number of fused-ring (bicyclic) bond motifs is 1. The molecule has 0 unspecified atom stereocenters. The van der Waals surface area contributed by atoms with Crippen molar-refractivity contribution in [1.82, 2.24) is 9.55 Å². The van der Waals surface area contributed by atoms with E-state index in [4.69, 9.17) is 16.7 Å². The number of anilines is 1. The molecule has 0 bridgehead atoms. The zero-order valence-electron chi connectivity index (χ0n) is 10.8. The van der Waals surface area contributed by atoms with Crippen LogP contribution in [0, 0.1) is 11.3 Å². The van der Waals surface area contributed by atoms with Gasteiger partial charge in [0.05, 0.1) is 16.6 Å². The molecule has 6 heteroatoms. The van der Waals surface area contributed by atoms with Crippen molar-refractivity contribution in [3.05, 3.63) is 23.8 Å². The van der Waals surface area contributed by atoms with Crippen molar-refractivity contribution in [1.29, 1.82) is 5.26 Å². The zero-order valence-corrected chi connectivity index (χ0v) is 10.8. The largest absolute Gasteiger partial charge is 0.370 e. The van der Waals surface area contributed by atoms with Crippen LogP contribution in [0.4, 0.5) is 5.95 Å². The number of hydrogen-bond acceptors (Lipinski definition) is 4. The van der Waals surface area contributed by atoms with E-state index in [2.05, 4.69) is 11.1 Å². The van der Waals surface area contributed by atoms with Crippen molar-refractivity contribution in [3.63, 3.8) is 0 Å². The first-order chi connectivity index (χ1) is 8.86. The van der Waals surface area contributed by atoms with Crippen LogP contribution in [0.25, 0.3) is 11.0 Å². The van der Waals surface area contributed by atoms with Crippen molar-refractivity contribution in [2.75, 3.05) is 5.73 Å². The molecule has 0 aliphatic carbocycles. The molecule has 0 spiro atoms. The first-order valence-corrected chi connectivity index (χ1v) is 5.82. The van der Waals surface area contributed by atoms with Crippen LogP contribution >= 0.6 is 0 Å². The Labute approximate surface area is 110 Å². The normalized spacial score (nSPS) is 11.4. The van der Waals surface area contributed by atoms with Gasteiger partial charge in [-0.25, -0.2) is 4.98 Å². The highest BCUT2D eigenvalue weighted by molar-refractivity contribution is 5.85. The highest BCUT2D eigenvalue weighted by atomic mass is 16.1. The van der Waals surface area contributed by atoms with Gasteiger partial charge >= 0.3 is 0 Å². The number of primary amides is 1. The van der Waals surface area contributed by atoms with E-state index in [1.54, 1.807) is 16.7 Å². The van der Waals surface area contributed by atoms with Crippen LogP contribution in [0.5, 0.6) is 0 Å². The van der Waals surface area contributed by atoms with Crippen LogP contribution in [0.3, 0.4) is 0 Å². The van der Waals surface area contributed by atoms with Crippen molar-refractivity contribution in [3.8, 4) is 6.07 Å². The highest BCUT2D eigenvalue weighted by Gasteiger charge is 2.27. The molecule has 6 nitrogen and oxygen atoms in total. The SMILES string of the molecule is CC(C)(CC(N)=O)n1c(N)nc2c(C#N)cccc21. The fraction of sp³-hybridized carbons (Fsp3) is 0.308. The monoisotopic (exact) mass is 257 g/mol. The summed E-state index contributed by atoms with van der Waals surface area (Å²) in [4.78, 5) is 15.4. The second-order valence-electron chi connectivity index (χ2n) is 5.05. The molecular weight excluding hydrogens is 242 g/mol. The van der Waals surface area contributed by atoms with Crippen molar-refractivity contribution >= 4 is 22.9 Å². The second-order valence-corrected chi connectivity index (χ2v) is 5.05. The number of para-hydroxylation sites is 1. The number of imidazole rings is 1. The summed E-state index contributed by atoms with van der Waals surface area (Å²) in [7, 11) is 0. The lowest BCUT2D eigenvalue weighted by Crippen LogP contribution is -2.33. The molecule has 98 valence electrons. The molecule has 0 fully saturated rings. The quantitative estimate of drug-likeness (QED) is 0.857. The first kappa shape index (κ1) is 12.9. The number of carbonyl (C=O) groups is 1. The van der Waals surface area contributed by atoms with Gasteiger partial charge < -0.3 is 16.0 Å². The van der Waals surface area contributed by atoms with Gasteiger partial charge in [-0.05, 0) is 26.0 Å². The van der Waals surface area contributed by atoms with E-state index < -0.39 is 11.4 Å². The van der Waals surface area contributed by atoms with Gasteiger partial charge in [0.15, 0.2) is 0 Å². The molecule has 2 rings (SSSR count). The van der Waals surface area contributed by atoms with Gasteiger partial charge in [-0.3, -0.25) is 4.79 Å². The van der Waals surface area contributed by atoms with Gasteiger partial charge in [0.25, 0.3) is 0 Å². The molecule has 0 atom stereocenters. The Balaban J connectivity index is 2.71. The summed E-state index contributed by atoms with van der Waals surface area (Å²) in [5.74, 6) is -0.147. The molecule has 0 aliphatic heterocycles. The smallest absolute Gasteiger partial charge is 0.219 e. The number of aromatic nitrogens is 2. The molecule has 19 heavy (non-hydrogen) atoms. The van der Waals surface area contributed by atoms with E-state index in [1.165, 1.54) is 0 Å². The molecule has 0 aliphatic rings. The standard InChI is InChI=1S/C13H15N5O/c1-13(2,6-10(15)19)18-9-5-3-4-8(7-14)11(9)17-12(18)16/h3-5H,6H2,1-2H3,(H2,15,19)(H2,16,17). The Morgan fingerprint density at radius 2 is 2.21 bits per heavy atom. The maximum Gasteiger partial charge on any atom is 0.219 e. The highest BCUT2D eigenvalue weighted by Crippen LogP contribution is 2.30. The minimum atomic E-state index is -0.598. The van der Waals surface area contributed by atoms with E-state index in [0.29, 0.717) is 11.1 Å². The molecule has 0 saturated carbocycles. The zero-order chi connectivity index (χ0) is 14.2. The minimum Gasteiger partial charge on any atom is -0.370 e. The Morgan fingerprint density at radius 1 is 1.53 bits per heavy atom. The number of rotatable bonds is 3. The van der Waals surface area contributed by atoms with Crippen LogP contribution in [0.15, 0.2) is 18.2 Å². The molecule has 1 amide bonds. The summed E-state index contributed by atoms with van der Waals surface area (Å²) in [6.07, 6.45) is 0.138. The summed E-state index contributed by atoms with van der Waals surface area (Å²) < 4.78 is 1.74. The lowest BCUT2D eigenvalue weighted by Gasteiger charge is -2.27. The second kappa shape index (κ2) is 4.28. The van der Waals surface area contributed by atoms with Gasteiger partial charge in [0.2, 0.25) is 11.9 Å². The third kappa shape index (κ3) is 2.10. The van der Waals surface area contributed by atoms with Crippen LogP contribution < -0.4 is 11.5 Å². The maximum atomic E-state index is 11.2. The molecule has 4 N–H and O–H groups in total. The summed E-state index contributed by atoms with van der Waals surface area (Å²) >= 11 is 0. The first-order valence-electron chi connectivity index (χ1n) is 5.82. The van der Waals surface area contributed by atoms with Crippen molar-refractivity contribution < 1.29 is 4.79 Å². The van der Waals surface area contributed by atoms with Gasteiger partial charge in [-0.2, -0.15) is 5.26 Å². The Morgan fingerprint density at radius 3 is 2.79 bits per heavy atom. The number of nitrogens with zero attached hydrogens (tertiary/aromatic N) is 3. The van der Waals surface area contributed by atoms with Crippen LogP contribution in [-0.2, 0) is 10.3 Å². The van der Waals surface area contributed by atoms with Crippen LogP contribution in [0.1, 0.15) is 25.8 Å². The summed E-state index contributed by atoms with van der Waals surface area (Å²) in [5, 5.41) is 9.07. The molecule has 1 aromatic heterocycles. The van der Waals surface area contributed by atoms with Crippen molar-refractivity contribution in [2.24, 2.45) is 5.73 Å². The Hall–Kier alpha value is -2.55. The lowest BCUT2D eigenvalue weighted by atomic mass is 9.99. The van der Waals surface area contributed by atoms with Gasteiger partial charge in [0.1, 0.15) is 11.6 Å². The number of nitrogen functional groups attached to an aromatic ring is 1. The fourth-order valence-electron chi connectivity index (χ4n) is 2.35. The molecule has 0 saturated heterocycles. The molecule has 0 radical (unpaired) electrons. The van der Waals surface area contributed by atoms with E-state index in [1.807, 2.05) is 19.9 Å². The Kier molecular flexibility index (Phi) is 2.91. The number of hydrogen-bond donors (Lipinski definition) is 2. The van der Waals surface area contributed by atoms with E-state index in [9.17, 15) is 4.79 Å². The third-order valence-electron chi connectivity index (χ3n) is 3.04. The fourth-order valence-corrected chi connectivity index (χ4v) is 2.35. The van der Waals surface area contributed by atoms with Crippen molar-refractivity contribution in [2.45, 2.75) is 25.8 Å². The topological polar surface area (TPSA) is 111 Å². The van der Waals surface area contributed by atoms with E-state index in [0.717, 1.165) is 5.52 Å². The lowest BCUT2D eigenvalue weighted by molar-refractivity contribution is -0.119. The minimum absolute atomic E-state index is 0.138. The summed E-state index contributed by atoms with van der Waals surface area (Å²) in [6.45, 7) is 3.71. The van der Waals surface area contributed by atoms with Gasteiger partial charge in [-0.15, -0.1) is 0 Å². The molecule has 1 aromatic carbocycles. The number of benzene rings is 1. The summed E-state index contributed by atoms with van der Waals surface area (Å²) in [6, 6.07) is 7.34. The molecular formula is C13H15N5O. The number of carbonyl (C=O) groups excluding carboxylic acids is 1. The molecule has 2 aromatic rings. The average molecular weight is 257 g/mol. The molecule has 1 heterocycles. The van der Waals surface area contributed by atoms with E-state index in [-0.39, 0.29) is 12.4 Å². The third-order valence-corrected chi connectivity index (χ3v) is 3.04. The number of amides is 1. The van der Waals surface area contributed by atoms with Crippen LogP contribution in [0.2, 0.25) is 0 Å². The maximum absolute atomic E-state index is 11.2. The van der Waals surface area contributed by atoms with Gasteiger partial charge in [0, 0.05) is 6.42 Å². The summed E-state index contributed by atoms with van der Waals surface area (Å²) in [5.41, 5.74) is 12.3. The van der Waals surface area contributed by atoms with Gasteiger partial charge in [-0.1, -0.05) is 6.07 Å². The Bertz CT molecular complexity index is 693. The average Bonchev–Trinajstić information content (AvgIpc) is 2.63. The number of nitrogens with two attached hydrogens (primary N) is 2. The number of nitriles is 1. The predicted octanol–water partition coefficient (Wildman–Crippen LogP) is 1.10. The predicted molar refractivity (Wildman–Crippen MR) is 72.0 cm³/mol.